The molecule has 2 aromatic carbocycles. The van der Waals surface area contributed by atoms with Crippen LogP contribution in [0.15, 0.2) is 57.8 Å². The van der Waals surface area contributed by atoms with E-state index in [1.165, 1.54) is 23.1 Å². The molecule has 0 saturated heterocycles. The molecular formula is C23H19N3O4S2. The molecule has 1 aliphatic heterocycles. The number of aryl methyl sites for hydroxylation is 2. The standard InChI is InChI=1S/C23H19N3O4S2/c1-13-7-14(2)9-16(8-13)26-22(28)21-17(5-6-31-21)25-23(26)32-11-20(27)24-15-3-4-18-19(10-15)30-12-29-18/h3-10H,11-12H2,1-2H3,(H,24,27). The Morgan fingerprint density at radius 3 is 2.72 bits per heavy atom. The number of hydrogen-bond acceptors (Lipinski definition) is 7. The van der Waals surface area contributed by atoms with Gasteiger partial charge in [-0.05, 0) is 60.7 Å². The van der Waals surface area contributed by atoms with Crippen molar-refractivity contribution in [2.45, 2.75) is 19.0 Å². The highest BCUT2D eigenvalue weighted by Crippen LogP contribution is 2.34. The maximum Gasteiger partial charge on any atom is 0.276 e. The molecule has 0 saturated carbocycles. The van der Waals surface area contributed by atoms with Gasteiger partial charge in [-0.3, -0.25) is 14.2 Å². The van der Waals surface area contributed by atoms with E-state index in [-0.39, 0.29) is 24.0 Å². The summed E-state index contributed by atoms with van der Waals surface area (Å²) in [6, 6.07) is 13.0. The number of hydrogen-bond donors (Lipinski definition) is 1. The molecule has 0 fully saturated rings. The van der Waals surface area contributed by atoms with Crippen molar-refractivity contribution in [3.05, 3.63) is 69.3 Å². The molecule has 32 heavy (non-hydrogen) atoms. The van der Waals surface area contributed by atoms with Gasteiger partial charge >= 0.3 is 0 Å². The fraction of sp³-hybridized carbons (Fsp3) is 0.174. The third-order valence-corrected chi connectivity index (χ3v) is 6.73. The van der Waals surface area contributed by atoms with Crippen LogP contribution in [0.1, 0.15) is 11.1 Å². The van der Waals surface area contributed by atoms with Gasteiger partial charge in [0.2, 0.25) is 12.7 Å². The molecule has 0 radical (unpaired) electrons. The molecule has 1 aliphatic rings. The number of ether oxygens (including phenoxy) is 2. The molecule has 4 aromatic rings. The number of carbonyl (C=O) groups is 1. The number of carbonyl (C=O) groups excluding carboxylic acids is 1. The first-order valence-electron chi connectivity index (χ1n) is 9.89. The monoisotopic (exact) mass is 465 g/mol. The lowest BCUT2D eigenvalue weighted by atomic mass is 10.1. The summed E-state index contributed by atoms with van der Waals surface area (Å²) in [5.41, 5.74) is 3.97. The van der Waals surface area contributed by atoms with Gasteiger partial charge in [0.05, 0.1) is 17.0 Å². The van der Waals surface area contributed by atoms with Gasteiger partial charge in [-0.25, -0.2) is 4.98 Å². The molecule has 162 valence electrons. The molecule has 5 rings (SSSR count). The number of anilines is 1. The number of benzene rings is 2. The van der Waals surface area contributed by atoms with Crippen molar-refractivity contribution < 1.29 is 14.3 Å². The number of aromatic nitrogens is 2. The summed E-state index contributed by atoms with van der Waals surface area (Å²) in [7, 11) is 0. The summed E-state index contributed by atoms with van der Waals surface area (Å²) in [6.07, 6.45) is 0. The molecule has 1 amide bonds. The van der Waals surface area contributed by atoms with Crippen LogP contribution in [0.4, 0.5) is 5.69 Å². The quantitative estimate of drug-likeness (QED) is 0.345. The smallest absolute Gasteiger partial charge is 0.276 e. The second kappa shape index (κ2) is 8.33. The summed E-state index contributed by atoms with van der Waals surface area (Å²) in [5.74, 6) is 1.15. The zero-order valence-electron chi connectivity index (χ0n) is 17.4. The van der Waals surface area contributed by atoms with Crippen LogP contribution in [0, 0.1) is 13.8 Å². The number of nitrogens with one attached hydrogen (secondary N) is 1. The van der Waals surface area contributed by atoms with E-state index in [0.29, 0.717) is 32.6 Å². The lowest BCUT2D eigenvalue weighted by Crippen LogP contribution is -2.22. The third kappa shape index (κ3) is 3.96. The number of thiophene rings is 1. The first-order valence-corrected chi connectivity index (χ1v) is 11.8. The number of thioether (sulfide) groups is 1. The van der Waals surface area contributed by atoms with Crippen molar-refractivity contribution in [2.24, 2.45) is 0 Å². The molecule has 2 aromatic heterocycles. The fourth-order valence-corrected chi connectivity index (χ4v) is 5.17. The molecule has 0 bridgehead atoms. The predicted octanol–water partition coefficient (Wildman–Crippen LogP) is 4.52. The lowest BCUT2D eigenvalue weighted by Gasteiger charge is -2.13. The molecule has 3 heterocycles. The average molecular weight is 466 g/mol. The van der Waals surface area contributed by atoms with Crippen molar-refractivity contribution in [1.29, 1.82) is 0 Å². The summed E-state index contributed by atoms with van der Waals surface area (Å²) in [6.45, 7) is 4.16. The summed E-state index contributed by atoms with van der Waals surface area (Å²) < 4.78 is 12.8. The van der Waals surface area contributed by atoms with E-state index in [0.717, 1.165) is 16.8 Å². The zero-order valence-corrected chi connectivity index (χ0v) is 19.0. The van der Waals surface area contributed by atoms with E-state index in [1.807, 2.05) is 37.4 Å². The minimum absolute atomic E-state index is 0.0985. The van der Waals surface area contributed by atoms with Crippen LogP contribution < -0.4 is 20.3 Å². The largest absolute Gasteiger partial charge is 0.454 e. The Morgan fingerprint density at radius 2 is 1.91 bits per heavy atom. The second-order valence-electron chi connectivity index (χ2n) is 7.42. The number of fused-ring (bicyclic) bond motifs is 2. The van der Waals surface area contributed by atoms with E-state index < -0.39 is 0 Å². The molecule has 0 atom stereocenters. The molecule has 0 spiro atoms. The minimum Gasteiger partial charge on any atom is -0.454 e. The van der Waals surface area contributed by atoms with Crippen molar-refractivity contribution in [2.75, 3.05) is 17.9 Å². The Bertz CT molecular complexity index is 1390. The van der Waals surface area contributed by atoms with Crippen LogP contribution in [-0.2, 0) is 4.79 Å². The van der Waals surface area contributed by atoms with Crippen molar-refractivity contribution in [3.63, 3.8) is 0 Å². The maximum absolute atomic E-state index is 13.3. The van der Waals surface area contributed by atoms with Crippen LogP contribution >= 0.6 is 23.1 Å². The molecular weight excluding hydrogens is 446 g/mol. The van der Waals surface area contributed by atoms with Gasteiger partial charge in [-0.1, -0.05) is 17.8 Å². The third-order valence-electron chi connectivity index (χ3n) is 4.90. The minimum atomic E-state index is -0.208. The summed E-state index contributed by atoms with van der Waals surface area (Å²) in [4.78, 5) is 30.6. The van der Waals surface area contributed by atoms with E-state index in [9.17, 15) is 9.59 Å². The Kier molecular flexibility index (Phi) is 5.36. The Balaban J connectivity index is 1.43. The Morgan fingerprint density at radius 1 is 1.12 bits per heavy atom. The first kappa shape index (κ1) is 20.6. The van der Waals surface area contributed by atoms with Crippen LogP contribution in [-0.4, -0.2) is 28.0 Å². The second-order valence-corrected chi connectivity index (χ2v) is 9.28. The number of nitrogens with zero attached hydrogens (tertiary/aromatic N) is 2. The van der Waals surface area contributed by atoms with E-state index >= 15 is 0 Å². The van der Waals surface area contributed by atoms with Gasteiger partial charge in [-0.2, -0.15) is 0 Å². The fourth-order valence-electron chi connectivity index (χ4n) is 3.60. The number of rotatable bonds is 5. The summed E-state index contributed by atoms with van der Waals surface area (Å²) >= 11 is 2.60. The van der Waals surface area contributed by atoms with Gasteiger partial charge in [0.25, 0.3) is 5.56 Å². The first-order chi connectivity index (χ1) is 15.5. The molecule has 1 N–H and O–H groups in total. The van der Waals surface area contributed by atoms with Crippen molar-refractivity contribution in [1.82, 2.24) is 9.55 Å². The molecule has 0 unspecified atom stereocenters. The van der Waals surface area contributed by atoms with Crippen LogP contribution in [0.2, 0.25) is 0 Å². The summed E-state index contributed by atoms with van der Waals surface area (Å²) in [5, 5.41) is 5.19. The van der Waals surface area contributed by atoms with Crippen LogP contribution in [0.25, 0.3) is 15.9 Å². The molecule has 9 heteroatoms. The normalized spacial score (nSPS) is 12.3. The number of amides is 1. The average Bonchev–Trinajstić information content (AvgIpc) is 3.40. The van der Waals surface area contributed by atoms with E-state index in [1.54, 1.807) is 22.8 Å². The van der Waals surface area contributed by atoms with Gasteiger partial charge < -0.3 is 14.8 Å². The van der Waals surface area contributed by atoms with Crippen LogP contribution in [0.5, 0.6) is 11.5 Å². The van der Waals surface area contributed by atoms with Crippen molar-refractivity contribution >= 4 is 44.9 Å². The van der Waals surface area contributed by atoms with Gasteiger partial charge in [-0.15, -0.1) is 11.3 Å². The molecule has 0 aliphatic carbocycles. The predicted molar refractivity (Wildman–Crippen MR) is 127 cm³/mol. The lowest BCUT2D eigenvalue weighted by molar-refractivity contribution is -0.113. The van der Waals surface area contributed by atoms with Crippen LogP contribution in [0.3, 0.4) is 0 Å². The Hall–Kier alpha value is -3.30. The van der Waals surface area contributed by atoms with E-state index in [4.69, 9.17) is 9.47 Å². The van der Waals surface area contributed by atoms with E-state index in [2.05, 4.69) is 16.4 Å². The van der Waals surface area contributed by atoms with Gasteiger partial charge in [0, 0.05) is 11.8 Å². The van der Waals surface area contributed by atoms with Crippen molar-refractivity contribution in [3.8, 4) is 17.2 Å². The highest BCUT2D eigenvalue weighted by Gasteiger charge is 2.17. The highest BCUT2D eigenvalue weighted by atomic mass is 32.2. The topological polar surface area (TPSA) is 82.5 Å². The highest BCUT2D eigenvalue weighted by molar-refractivity contribution is 7.99. The zero-order chi connectivity index (χ0) is 22.2. The maximum atomic E-state index is 13.3. The molecule has 7 nitrogen and oxygen atoms in total. The van der Waals surface area contributed by atoms with Gasteiger partial charge in [0.15, 0.2) is 16.7 Å². The SMILES string of the molecule is Cc1cc(C)cc(-n2c(SCC(=O)Nc3ccc4c(c3)OCO4)nc3ccsc3c2=O)c1. The Labute approximate surface area is 192 Å². The van der Waals surface area contributed by atoms with Gasteiger partial charge in [0.1, 0.15) is 4.70 Å².